The monoisotopic (exact) mass is 386 g/mol. The van der Waals surface area contributed by atoms with Gasteiger partial charge >= 0.3 is 6.03 Å². The van der Waals surface area contributed by atoms with Gasteiger partial charge in [-0.05, 0) is 38.8 Å². The lowest BCUT2D eigenvalue weighted by atomic mass is 9.93. The molecule has 150 valence electrons. The molecule has 1 saturated carbocycles. The highest BCUT2D eigenvalue weighted by molar-refractivity contribution is 6.31. The van der Waals surface area contributed by atoms with E-state index in [-0.39, 0.29) is 17.7 Å². The van der Waals surface area contributed by atoms with E-state index in [9.17, 15) is 14.4 Å². The fourth-order valence-electron chi connectivity index (χ4n) is 3.67. The van der Waals surface area contributed by atoms with Crippen molar-refractivity contribution in [1.29, 1.82) is 0 Å². The summed E-state index contributed by atoms with van der Waals surface area (Å²) in [5.74, 6) is -0.291. The lowest BCUT2D eigenvalue weighted by Gasteiger charge is -2.35. The Hall–Kier alpha value is -2.83. The Morgan fingerprint density at radius 1 is 1.14 bits per heavy atom. The first kappa shape index (κ1) is 19.9. The normalized spacial score (nSPS) is 19.9. The molecule has 2 aliphatic rings. The third-order valence-electron chi connectivity index (χ3n) is 4.96. The van der Waals surface area contributed by atoms with Crippen molar-refractivity contribution in [3.8, 4) is 11.5 Å². The van der Waals surface area contributed by atoms with Crippen LogP contribution >= 0.6 is 0 Å². The van der Waals surface area contributed by atoms with Crippen LogP contribution in [-0.2, 0) is 9.59 Å². The van der Waals surface area contributed by atoms with Crippen LogP contribution in [0.3, 0.4) is 0 Å². The molecule has 0 spiro atoms. The molecule has 1 N–H and O–H groups in total. The predicted octanol–water partition coefficient (Wildman–Crippen LogP) is 3.28. The molecule has 3 rings (SSSR count). The van der Waals surface area contributed by atoms with Crippen molar-refractivity contribution in [3.63, 3.8) is 0 Å². The molecule has 2 fully saturated rings. The molecule has 4 amide bonds. The van der Waals surface area contributed by atoms with E-state index in [2.05, 4.69) is 5.32 Å². The number of carbonyl (C=O) groups excluding carboxylic acids is 3. The number of hydrogen-bond acceptors (Lipinski definition) is 5. The molecule has 1 saturated heterocycles. The van der Waals surface area contributed by atoms with Crippen LogP contribution in [0, 0.1) is 0 Å². The van der Waals surface area contributed by atoms with Crippen LogP contribution < -0.4 is 14.8 Å². The first-order valence-corrected chi connectivity index (χ1v) is 9.66. The van der Waals surface area contributed by atoms with Gasteiger partial charge in [-0.15, -0.1) is 0 Å². The number of imide groups is 2. The minimum Gasteiger partial charge on any atom is -0.493 e. The van der Waals surface area contributed by atoms with Gasteiger partial charge in [-0.1, -0.05) is 31.4 Å². The Balaban J connectivity index is 1.99. The summed E-state index contributed by atoms with van der Waals surface area (Å²) in [5, 5.41) is 2.30. The maximum Gasteiger partial charge on any atom is 0.331 e. The van der Waals surface area contributed by atoms with Crippen molar-refractivity contribution in [2.75, 3.05) is 7.11 Å². The number of hydrogen-bond donors (Lipinski definition) is 1. The average Bonchev–Trinajstić information content (AvgIpc) is 2.66. The van der Waals surface area contributed by atoms with E-state index < -0.39 is 17.8 Å². The maximum absolute atomic E-state index is 13.0. The predicted molar refractivity (Wildman–Crippen MR) is 104 cm³/mol. The van der Waals surface area contributed by atoms with Crippen molar-refractivity contribution in [3.05, 3.63) is 29.3 Å². The fraction of sp³-hybridized carbons (Fsp3) is 0.476. The van der Waals surface area contributed by atoms with E-state index in [0.717, 1.165) is 32.1 Å². The summed E-state index contributed by atoms with van der Waals surface area (Å²) in [5.41, 5.74) is 0.469. The van der Waals surface area contributed by atoms with E-state index in [4.69, 9.17) is 9.47 Å². The van der Waals surface area contributed by atoms with Gasteiger partial charge in [-0.2, -0.15) is 0 Å². The first-order chi connectivity index (χ1) is 13.4. The number of barbiturate groups is 1. The molecule has 1 aromatic rings. The van der Waals surface area contributed by atoms with Crippen LogP contribution in [-0.4, -0.2) is 42.0 Å². The lowest BCUT2D eigenvalue weighted by molar-refractivity contribution is -0.132. The van der Waals surface area contributed by atoms with Gasteiger partial charge in [0.15, 0.2) is 11.5 Å². The highest BCUT2D eigenvalue weighted by Gasteiger charge is 2.40. The van der Waals surface area contributed by atoms with Gasteiger partial charge in [0.25, 0.3) is 11.8 Å². The van der Waals surface area contributed by atoms with Crippen molar-refractivity contribution >= 4 is 23.9 Å². The van der Waals surface area contributed by atoms with Crippen molar-refractivity contribution in [1.82, 2.24) is 10.2 Å². The Morgan fingerprint density at radius 2 is 1.86 bits per heavy atom. The molecule has 0 atom stereocenters. The zero-order chi connectivity index (χ0) is 20.3. The topological polar surface area (TPSA) is 84.9 Å². The minimum absolute atomic E-state index is 0.0768. The molecule has 1 heterocycles. The third kappa shape index (κ3) is 4.03. The summed E-state index contributed by atoms with van der Waals surface area (Å²) >= 11 is 0. The molecule has 0 aromatic heterocycles. The van der Waals surface area contributed by atoms with E-state index in [0.29, 0.717) is 17.1 Å². The van der Waals surface area contributed by atoms with Gasteiger partial charge < -0.3 is 9.47 Å². The molecule has 1 aromatic carbocycles. The number of urea groups is 1. The van der Waals surface area contributed by atoms with Gasteiger partial charge in [-0.25, -0.2) is 4.79 Å². The van der Waals surface area contributed by atoms with Gasteiger partial charge in [0.2, 0.25) is 0 Å². The van der Waals surface area contributed by atoms with Gasteiger partial charge in [-0.3, -0.25) is 19.8 Å². The summed E-state index contributed by atoms with van der Waals surface area (Å²) in [4.78, 5) is 39.0. The molecular weight excluding hydrogens is 360 g/mol. The summed E-state index contributed by atoms with van der Waals surface area (Å²) in [6.07, 6.45) is 5.92. The number of nitrogens with one attached hydrogen (secondary N) is 1. The van der Waals surface area contributed by atoms with Crippen molar-refractivity contribution < 1.29 is 23.9 Å². The summed E-state index contributed by atoms with van der Waals surface area (Å²) < 4.78 is 11.2. The highest BCUT2D eigenvalue weighted by Crippen LogP contribution is 2.34. The Morgan fingerprint density at radius 3 is 2.50 bits per heavy atom. The van der Waals surface area contributed by atoms with Gasteiger partial charge in [0.05, 0.1) is 13.2 Å². The zero-order valence-corrected chi connectivity index (χ0v) is 16.5. The summed E-state index contributed by atoms with van der Waals surface area (Å²) in [6, 6.07) is 4.45. The second kappa shape index (κ2) is 8.46. The van der Waals surface area contributed by atoms with Crippen molar-refractivity contribution in [2.45, 2.75) is 58.1 Å². The Kier molecular flexibility index (Phi) is 6.02. The molecule has 1 aliphatic heterocycles. The van der Waals surface area contributed by atoms with E-state index in [1.807, 2.05) is 13.8 Å². The highest BCUT2D eigenvalue weighted by atomic mass is 16.5. The van der Waals surface area contributed by atoms with E-state index >= 15 is 0 Å². The number of nitrogens with zero attached hydrogens (tertiary/aromatic N) is 1. The number of rotatable bonds is 5. The molecule has 0 radical (unpaired) electrons. The van der Waals surface area contributed by atoms with Crippen LogP contribution in [0.2, 0.25) is 0 Å². The quantitative estimate of drug-likeness (QED) is 0.620. The molecule has 28 heavy (non-hydrogen) atoms. The van der Waals surface area contributed by atoms with Crippen LogP contribution in [0.1, 0.15) is 51.5 Å². The second-order valence-electron chi connectivity index (χ2n) is 7.33. The van der Waals surface area contributed by atoms with Crippen LogP contribution in [0.4, 0.5) is 4.79 Å². The fourth-order valence-corrected chi connectivity index (χ4v) is 3.67. The number of para-hydroxylation sites is 1. The Bertz CT molecular complexity index is 809. The number of methoxy groups -OCH3 is 1. The lowest BCUT2D eigenvalue weighted by Crippen LogP contribution is -2.58. The number of ether oxygens (including phenoxy) is 2. The largest absolute Gasteiger partial charge is 0.493 e. The smallest absolute Gasteiger partial charge is 0.331 e. The number of benzene rings is 1. The maximum atomic E-state index is 13.0. The second-order valence-corrected chi connectivity index (χ2v) is 7.33. The van der Waals surface area contributed by atoms with E-state index in [1.165, 1.54) is 18.1 Å². The average molecular weight is 386 g/mol. The SMILES string of the molecule is COc1cccc(/C=C2/C(=O)NC(=O)N(C3CCCCC3)C2=O)c1OC(C)C. The Labute approximate surface area is 164 Å². The zero-order valence-electron chi connectivity index (χ0n) is 16.5. The van der Waals surface area contributed by atoms with Crippen LogP contribution in [0.15, 0.2) is 23.8 Å². The standard InChI is InChI=1S/C21H26N2O5/c1-13(2)28-18-14(8-7-11-17(18)27-3)12-16-19(24)22-21(26)23(20(16)25)15-9-5-4-6-10-15/h7-8,11-13,15H,4-6,9-10H2,1-3H3,(H,22,24,26)/b16-12-. The van der Waals surface area contributed by atoms with Crippen LogP contribution in [0.25, 0.3) is 6.08 Å². The molecule has 0 bridgehead atoms. The molecule has 1 aliphatic carbocycles. The van der Waals surface area contributed by atoms with Gasteiger partial charge in [0.1, 0.15) is 5.57 Å². The first-order valence-electron chi connectivity index (χ1n) is 9.66. The number of carbonyl (C=O) groups is 3. The minimum atomic E-state index is -0.694. The molecular formula is C21H26N2O5. The summed E-state index contributed by atoms with van der Waals surface area (Å²) in [6.45, 7) is 3.76. The van der Waals surface area contributed by atoms with Gasteiger partial charge in [0, 0.05) is 11.6 Å². The summed E-state index contributed by atoms with van der Waals surface area (Å²) in [7, 11) is 1.53. The van der Waals surface area contributed by atoms with Crippen molar-refractivity contribution in [2.24, 2.45) is 0 Å². The molecule has 7 heteroatoms. The van der Waals surface area contributed by atoms with E-state index in [1.54, 1.807) is 18.2 Å². The number of amides is 4. The third-order valence-corrected chi connectivity index (χ3v) is 4.96. The molecule has 0 unspecified atom stereocenters. The van der Waals surface area contributed by atoms with Crippen LogP contribution in [0.5, 0.6) is 11.5 Å². The molecule has 7 nitrogen and oxygen atoms in total.